The quantitative estimate of drug-likeness (QED) is 0.239. The Hall–Kier alpha value is -1.80. The van der Waals surface area contributed by atoms with Gasteiger partial charge in [0.2, 0.25) is 0 Å². The molecule has 1 aliphatic heterocycles. The number of epoxide rings is 1. The van der Waals surface area contributed by atoms with Gasteiger partial charge in [-0.1, -0.05) is 71.6 Å². The van der Waals surface area contributed by atoms with Crippen LogP contribution in [0.2, 0.25) is 0 Å². The van der Waals surface area contributed by atoms with Gasteiger partial charge < -0.3 is 9.47 Å². The van der Waals surface area contributed by atoms with E-state index in [2.05, 4.69) is 58.0 Å². The van der Waals surface area contributed by atoms with Crippen LogP contribution in [0.4, 0.5) is 0 Å². The maximum atomic E-state index is 6.41. The fourth-order valence-electron chi connectivity index (χ4n) is 4.53. The molecule has 0 aliphatic carbocycles. The molecule has 182 valence electrons. The van der Waals surface area contributed by atoms with Crippen molar-refractivity contribution in [3.05, 3.63) is 52.6 Å². The molecule has 33 heavy (non-hydrogen) atoms. The predicted molar refractivity (Wildman–Crippen MR) is 142 cm³/mol. The molecule has 0 spiro atoms. The van der Waals surface area contributed by atoms with E-state index < -0.39 is 0 Å². The summed E-state index contributed by atoms with van der Waals surface area (Å²) >= 11 is 0. The van der Waals surface area contributed by atoms with E-state index in [1.807, 2.05) is 0 Å². The van der Waals surface area contributed by atoms with Crippen LogP contribution in [0, 0.1) is 0 Å². The number of benzene rings is 2. The van der Waals surface area contributed by atoms with Crippen molar-refractivity contribution in [3.63, 3.8) is 0 Å². The second-order valence-electron chi connectivity index (χ2n) is 9.84. The number of aryl methyl sites for hydroxylation is 4. The summed E-state index contributed by atoms with van der Waals surface area (Å²) in [5.41, 5.74) is 8.53. The van der Waals surface area contributed by atoms with Crippen molar-refractivity contribution in [2.75, 3.05) is 13.2 Å². The Balaban J connectivity index is 2.01. The summed E-state index contributed by atoms with van der Waals surface area (Å²) in [7, 11) is 0. The van der Waals surface area contributed by atoms with Crippen LogP contribution in [0.1, 0.15) is 101 Å². The molecule has 1 atom stereocenters. The summed E-state index contributed by atoms with van der Waals surface area (Å²) in [5, 5.41) is 0. The maximum absolute atomic E-state index is 6.41. The standard InChI is InChI=1S/C31H46O2/c1-5-9-13-24-17-25(14-10-6-2)19-28(18-24)29-20-26(15-11-7-3)31(33-23-30-22-32-30)27(21-29)16-12-8-4/h17-21,30H,5-16,22-23H2,1-4H3. The zero-order valence-corrected chi connectivity index (χ0v) is 21.7. The van der Waals surface area contributed by atoms with Gasteiger partial charge in [-0.2, -0.15) is 0 Å². The number of rotatable bonds is 16. The Morgan fingerprint density at radius 1 is 0.667 bits per heavy atom. The van der Waals surface area contributed by atoms with Crippen molar-refractivity contribution in [1.82, 2.24) is 0 Å². The Morgan fingerprint density at radius 2 is 1.12 bits per heavy atom. The van der Waals surface area contributed by atoms with Crippen LogP contribution in [-0.2, 0) is 30.4 Å². The zero-order valence-electron chi connectivity index (χ0n) is 21.7. The second kappa shape index (κ2) is 13.8. The molecule has 2 heteroatoms. The van der Waals surface area contributed by atoms with E-state index in [4.69, 9.17) is 9.47 Å². The molecule has 0 aromatic heterocycles. The molecule has 1 heterocycles. The SMILES string of the molecule is CCCCc1cc(CCCC)cc(-c2cc(CCCC)c(OCC3CO3)c(CCCC)c2)c1. The summed E-state index contributed by atoms with van der Waals surface area (Å²) in [6.07, 6.45) is 14.6. The van der Waals surface area contributed by atoms with Crippen molar-refractivity contribution in [2.24, 2.45) is 0 Å². The lowest BCUT2D eigenvalue weighted by molar-refractivity contribution is 0.259. The Labute approximate surface area is 203 Å². The highest BCUT2D eigenvalue weighted by Gasteiger charge is 2.24. The van der Waals surface area contributed by atoms with E-state index in [1.54, 1.807) is 0 Å². The molecule has 0 bridgehead atoms. The first-order valence-corrected chi connectivity index (χ1v) is 13.7. The van der Waals surface area contributed by atoms with Crippen LogP contribution < -0.4 is 4.74 Å². The van der Waals surface area contributed by atoms with Crippen molar-refractivity contribution < 1.29 is 9.47 Å². The molecule has 1 saturated heterocycles. The molecule has 0 N–H and O–H groups in total. The molecular formula is C31H46O2. The third-order valence-electron chi connectivity index (χ3n) is 6.68. The van der Waals surface area contributed by atoms with Crippen molar-refractivity contribution in [1.29, 1.82) is 0 Å². The summed E-state index contributed by atoms with van der Waals surface area (Å²) in [6.45, 7) is 10.7. The topological polar surface area (TPSA) is 21.8 Å². The fourth-order valence-corrected chi connectivity index (χ4v) is 4.53. The van der Waals surface area contributed by atoms with Crippen molar-refractivity contribution >= 4 is 0 Å². The van der Waals surface area contributed by atoms with Gasteiger partial charge in [0.25, 0.3) is 0 Å². The summed E-state index contributed by atoms with van der Waals surface area (Å²) in [4.78, 5) is 0. The van der Waals surface area contributed by atoms with Crippen LogP contribution in [0.15, 0.2) is 30.3 Å². The first-order valence-electron chi connectivity index (χ1n) is 13.7. The summed E-state index contributed by atoms with van der Waals surface area (Å²) in [5.74, 6) is 1.14. The van der Waals surface area contributed by atoms with Crippen LogP contribution in [-0.4, -0.2) is 19.3 Å². The average Bonchev–Trinajstić information content (AvgIpc) is 3.66. The molecule has 0 radical (unpaired) electrons. The van der Waals surface area contributed by atoms with Gasteiger partial charge in [-0.25, -0.2) is 0 Å². The summed E-state index contributed by atoms with van der Waals surface area (Å²) in [6, 6.07) is 12.2. The van der Waals surface area contributed by atoms with Crippen LogP contribution >= 0.6 is 0 Å². The third-order valence-corrected chi connectivity index (χ3v) is 6.68. The number of unbranched alkanes of at least 4 members (excludes halogenated alkanes) is 4. The summed E-state index contributed by atoms with van der Waals surface area (Å²) < 4.78 is 11.8. The van der Waals surface area contributed by atoms with E-state index in [1.165, 1.54) is 97.6 Å². The second-order valence-corrected chi connectivity index (χ2v) is 9.84. The Morgan fingerprint density at radius 3 is 1.58 bits per heavy atom. The number of hydrogen-bond donors (Lipinski definition) is 0. The third kappa shape index (κ3) is 8.18. The molecule has 1 aliphatic rings. The lowest BCUT2D eigenvalue weighted by Gasteiger charge is -2.19. The highest BCUT2D eigenvalue weighted by molar-refractivity contribution is 5.69. The first-order chi connectivity index (χ1) is 16.2. The predicted octanol–water partition coefficient (Wildman–Crippen LogP) is 8.50. The van der Waals surface area contributed by atoms with Gasteiger partial charge in [-0.05, 0) is 96.9 Å². The smallest absolute Gasteiger partial charge is 0.125 e. The molecular weight excluding hydrogens is 404 g/mol. The maximum Gasteiger partial charge on any atom is 0.125 e. The van der Waals surface area contributed by atoms with Gasteiger partial charge in [-0.3, -0.25) is 0 Å². The Bertz CT molecular complexity index is 795. The van der Waals surface area contributed by atoms with Gasteiger partial charge in [0.1, 0.15) is 18.5 Å². The van der Waals surface area contributed by atoms with E-state index >= 15 is 0 Å². The van der Waals surface area contributed by atoms with Crippen LogP contribution in [0.25, 0.3) is 11.1 Å². The van der Waals surface area contributed by atoms with Crippen LogP contribution in [0.5, 0.6) is 5.75 Å². The molecule has 2 nitrogen and oxygen atoms in total. The van der Waals surface area contributed by atoms with E-state index in [0.29, 0.717) is 12.7 Å². The van der Waals surface area contributed by atoms with Gasteiger partial charge in [0.15, 0.2) is 0 Å². The fraction of sp³-hybridized carbons (Fsp3) is 0.613. The van der Waals surface area contributed by atoms with Gasteiger partial charge in [-0.15, -0.1) is 0 Å². The van der Waals surface area contributed by atoms with E-state index in [0.717, 1.165) is 25.2 Å². The van der Waals surface area contributed by atoms with Gasteiger partial charge in [0.05, 0.1) is 6.61 Å². The molecule has 2 aromatic rings. The highest BCUT2D eigenvalue weighted by Crippen LogP contribution is 2.35. The molecule has 1 fully saturated rings. The van der Waals surface area contributed by atoms with Gasteiger partial charge >= 0.3 is 0 Å². The van der Waals surface area contributed by atoms with Crippen molar-refractivity contribution in [3.8, 4) is 16.9 Å². The van der Waals surface area contributed by atoms with Crippen LogP contribution in [0.3, 0.4) is 0 Å². The monoisotopic (exact) mass is 450 g/mol. The molecule has 1 unspecified atom stereocenters. The van der Waals surface area contributed by atoms with E-state index in [9.17, 15) is 0 Å². The average molecular weight is 451 g/mol. The minimum atomic E-state index is 0.291. The lowest BCUT2D eigenvalue weighted by atomic mass is 9.91. The zero-order chi connectivity index (χ0) is 23.5. The number of hydrogen-bond acceptors (Lipinski definition) is 2. The molecule has 2 aromatic carbocycles. The lowest BCUT2D eigenvalue weighted by Crippen LogP contribution is -2.09. The molecule has 3 rings (SSSR count). The number of ether oxygens (including phenoxy) is 2. The Kier molecular flexibility index (Phi) is 10.8. The first kappa shape index (κ1) is 25.8. The highest BCUT2D eigenvalue weighted by atomic mass is 16.6. The van der Waals surface area contributed by atoms with Gasteiger partial charge in [0, 0.05) is 0 Å². The van der Waals surface area contributed by atoms with Crippen molar-refractivity contribution in [2.45, 2.75) is 111 Å². The molecule has 0 amide bonds. The molecule has 0 saturated carbocycles. The normalized spacial score (nSPS) is 15.1. The largest absolute Gasteiger partial charge is 0.490 e. The minimum absolute atomic E-state index is 0.291. The minimum Gasteiger partial charge on any atom is -0.490 e. The van der Waals surface area contributed by atoms with E-state index in [-0.39, 0.29) is 0 Å².